The Morgan fingerprint density at radius 3 is 2.46 bits per heavy atom. The lowest BCUT2D eigenvalue weighted by molar-refractivity contribution is -0.125. The number of hydrogen-bond acceptors (Lipinski definition) is 5. The Balaban J connectivity index is 2.43. The summed E-state index contributed by atoms with van der Waals surface area (Å²) in [7, 11) is 1.52. The second kappa shape index (κ2) is 9.82. The van der Waals surface area contributed by atoms with Crippen molar-refractivity contribution in [2.45, 2.75) is 0 Å². The van der Waals surface area contributed by atoms with E-state index < -0.39 is 5.91 Å². The van der Waals surface area contributed by atoms with E-state index in [1.807, 2.05) is 6.07 Å². The molecular formula is C17H19N3O4. The fourth-order valence-corrected chi connectivity index (χ4v) is 1.60. The van der Waals surface area contributed by atoms with Gasteiger partial charge in [-0.05, 0) is 24.3 Å². The molecule has 0 aromatic heterocycles. The van der Waals surface area contributed by atoms with Crippen LogP contribution in [0.2, 0.25) is 0 Å². The van der Waals surface area contributed by atoms with Crippen molar-refractivity contribution < 1.29 is 19.1 Å². The average molecular weight is 329 g/mol. The van der Waals surface area contributed by atoms with Crippen LogP contribution in [-0.2, 0) is 19.1 Å². The molecule has 0 saturated carbocycles. The first-order valence-electron chi connectivity index (χ1n) is 7.08. The van der Waals surface area contributed by atoms with Crippen molar-refractivity contribution in [2.75, 3.05) is 26.8 Å². The molecule has 1 rings (SSSR count). The van der Waals surface area contributed by atoms with E-state index in [-0.39, 0.29) is 24.0 Å². The van der Waals surface area contributed by atoms with Crippen LogP contribution in [0.5, 0.6) is 0 Å². The van der Waals surface area contributed by atoms with Gasteiger partial charge in [-0.25, -0.2) is 0 Å². The molecule has 24 heavy (non-hydrogen) atoms. The Hall–Kier alpha value is -3.11. The number of nitrogens with one attached hydrogen (secondary N) is 2. The third kappa shape index (κ3) is 6.34. The van der Waals surface area contributed by atoms with E-state index in [1.165, 1.54) is 7.11 Å². The van der Waals surface area contributed by atoms with E-state index in [0.29, 0.717) is 24.3 Å². The fraction of sp³-hybridized carbons (Fsp3) is 0.235. The second-order valence-corrected chi connectivity index (χ2v) is 4.66. The normalized spacial score (nSPS) is 9.50. The number of carbonyl (C=O) groups is 2. The molecule has 1 aromatic rings. The van der Waals surface area contributed by atoms with Gasteiger partial charge in [-0.2, -0.15) is 5.26 Å². The van der Waals surface area contributed by atoms with Gasteiger partial charge in [0.05, 0.1) is 24.8 Å². The van der Waals surface area contributed by atoms with Gasteiger partial charge in [0, 0.05) is 19.2 Å². The maximum Gasteiger partial charge on any atom is 0.286 e. The summed E-state index contributed by atoms with van der Waals surface area (Å²) in [5.74, 6) is -0.941. The molecule has 0 aliphatic heterocycles. The van der Waals surface area contributed by atoms with Gasteiger partial charge in [0.2, 0.25) is 5.91 Å². The van der Waals surface area contributed by atoms with Gasteiger partial charge in [0.25, 0.3) is 5.91 Å². The van der Waals surface area contributed by atoms with E-state index in [0.717, 1.165) is 0 Å². The Labute approximate surface area is 140 Å². The van der Waals surface area contributed by atoms with E-state index in [9.17, 15) is 9.59 Å². The van der Waals surface area contributed by atoms with Crippen LogP contribution in [-0.4, -0.2) is 38.6 Å². The number of nitriles is 1. The first-order valence-corrected chi connectivity index (χ1v) is 7.08. The molecule has 1 aromatic carbocycles. The monoisotopic (exact) mass is 329 g/mol. The molecule has 2 amide bonds. The highest BCUT2D eigenvalue weighted by Gasteiger charge is 2.12. The number of methoxy groups -OCH3 is 1. The van der Waals surface area contributed by atoms with Crippen LogP contribution in [0.25, 0.3) is 5.76 Å². The largest absolute Gasteiger partial charge is 0.452 e. The fourth-order valence-electron chi connectivity index (χ4n) is 1.60. The minimum atomic E-state index is -0.619. The van der Waals surface area contributed by atoms with Crippen LogP contribution in [0, 0.1) is 11.3 Å². The Morgan fingerprint density at radius 1 is 1.21 bits per heavy atom. The molecule has 126 valence electrons. The van der Waals surface area contributed by atoms with Gasteiger partial charge in [-0.15, -0.1) is 0 Å². The minimum absolute atomic E-state index is 0.186. The van der Waals surface area contributed by atoms with Gasteiger partial charge in [0.1, 0.15) is 5.76 Å². The van der Waals surface area contributed by atoms with Gasteiger partial charge in [-0.1, -0.05) is 13.2 Å². The van der Waals surface area contributed by atoms with Crippen LogP contribution >= 0.6 is 0 Å². The van der Waals surface area contributed by atoms with Crippen LogP contribution in [0.3, 0.4) is 0 Å². The molecule has 0 aliphatic carbocycles. The van der Waals surface area contributed by atoms with E-state index in [1.54, 1.807) is 24.3 Å². The van der Waals surface area contributed by atoms with Crippen molar-refractivity contribution in [1.29, 1.82) is 5.26 Å². The molecule has 0 radical (unpaired) electrons. The summed E-state index contributed by atoms with van der Waals surface area (Å²) in [5, 5.41) is 13.7. The first-order chi connectivity index (χ1) is 11.5. The second-order valence-electron chi connectivity index (χ2n) is 4.66. The van der Waals surface area contributed by atoms with Crippen molar-refractivity contribution in [3.63, 3.8) is 0 Å². The van der Waals surface area contributed by atoms with E-state index >= 15 is 0 Å². The molecule has 0 fully saturated rings. The molecule has 0 unspecified atom stereocenters. The van der Waals surface area contributed by atoms with Crippen molar-refractivity contribution >= 4 is 17.6 Å². The van der Waals surface area contributed by atoms with Gasteiger partial charge >= 0.3 is 0 Å². The summed E-state index contributed by atoms with van der Waals surface area (Å²) in [5.41, 5.74) is 1.11. The van der Waals surface area contributed by atoms with Crippen molar-refractivity contribution in [3.05, 3.63) is 54.3 Å². The SMILES string of the molecule is C=C(OC(=C)c1ccc(C#N)cc1)C(=O)NCC(=O)NCCOC. The highest BCUT2D eigenvalue weighted by atomic mass is 16.5. The lowest BCUT2D eigenvalue weighted by Crippen LogP contribution is -2.38. The number of hydrogen-bond donors (Lipinski definition) is 2. The average Bonchev–Trinajstić information content (AvgIpc) is 2.59. The molecule has 0 atom stereocenters. The number of nitrogens with zero attached hydrogens (tertiary/aromatic N) is 1. The predicted octanol–water partition coefficient (Wildman–Crippen LogP) is 0.938. The quantitative estimate of drug-likeness (QED) is 0.399. The van der Waals surface area contributed by atoms with Crippen molar-refractivity contribution in [2.24, 2.45) is 0 Å². The van der Waals surface area contributed by atoms with Crippen LogP contribution < -0.4 is 10.6 Å². The van der Waals surface area contributed by atoms with Gasteiger partial charge < -0.3 is 20.1 Å². The zero-order chi connectivity index (χ0) is 17.9. The molecule has 2 N–H and O–H groups in total. The number of benzene rings is 1. The standard InChI is InChI=1S/C17H19N3O4/c1-12(15-6-4-14(10-18)5-7-15)24-13(2)17(22)20-11-16(21)19-8-9-23-3/h4-7H,1-2,8-9,11H2,3H3,(H,19,21)(H,20,22). The Morgan fingerprint density at radius 2 is 1.88 bits per heavy atom. The van der Waals surface area contributed by atoms with E-state index in [2.05, 4.69) is 23.8 Å². The summed E-state index contributed by atoms with van der Waals surface area (Å²) in [6.45, 7) is 7.76. The summed E-state index contributed by atoms with van der Waals surface area (Å²) < 4.78 is 10.1. The van der Waals surface area contributed by atoms with Crippen LogP contribution in [0.4, 0.5) is 0 Å². The highest BCUT2D eigenvalue weighted by Crippen LogP contribution is 2.17. The highest BCUT2D eigenvalue weighted by molar-refractivity contribution is 5.94. The molecule has 0 bridgehead atoms. The molecule has 7 heteroatoms. The molecular weight excluding hydrogens is 310 g/mol. The lowest BCUT2D eigenvalue weighted by Gasteiger charge is -2.11. The van der Waals surface area contributed by atoms with E-state index in [4.69, 9.17) is 14.7 Å². The summed E-state index contributed by atoms with van der Waals surface area (Å²) >= 11 is 0. The van der Waals surface area contributed by atoms with Gasteiger partial charge in [0.15, 0.2) is 5.76 Å². The zero-order valence-corrected chi connectivity index (χ0v) is 13.4. The summed E-state index contributed by atoms with van der Waals surface area (Å²) in [6, 6.07) is 8.51. The molecule has 0 aliphatic rings. The van der Waals surface area contributed by atoms with Crippen LogP contribution in [0.15, 0.2) is 43.2 Å². The smallest absolute Gasteiger partial charge is 0.286 e. The summed E-state index contributed by atoms with van der Waals surface area (Å²) in [4.78, 5) is 23.3. The van der Waals surface area contributed by atoms with Gasteiger partial charge in [-0.3, -0.25) is 9.59 Å². The molecule has 0 heterocycles. The Bertz CT molecular complexity index is 659. The first kappa shape index (κ1) is 18.9. The Kier molecular flexibility index (Phi) is 7.75. The maximum atomic E-state index is 11.8. The topological polar surface area (TPSA) is 100 Å². The third-order valence-electron chi connectivity index (χ3n) is 2.87. The molecule has 7 nitrogen and oxygen atoms in total. The van der Waals surface area contributed by atoms with Crippen LogP contribution in [0.1, 0.15) is 11.1 Å². The zero-order valence-electron chi connectivity index (χ0n) is 13.4. The maximum absolute atomic E-state index is 11.8. The number of ether oxygens (including phenoxy) is 2. The van der Waals surface area contributed by atoms with Crippen molar-refractivity contribution in [3.8, 4) is 6.07 Å². The number of amides is 2. The minimum Gasteiger partial charge on any atom is -0.452 e. The van der Waals surface area contributed by atoms with Crippen molar-refractivity contribution in [1.82, 2.24) is 10.6 Å². The summed E-state index contributed by atoms with van der Waals surface area (Å²) in [6.07, 6.45) is 0. The molecule has 0 spiro atoms. The predicted molar refractivity (Wildman–Crippen MR) is 88.3 cm³/mol. The molecule has 0 saturated heterocycles. The number of carbonyl (C=O) groups excluding carboxylic acids is 2. The lowest BCUT2D eigenvalue weighted by atomic mass is 10.1. The third-order valence-corrected chi connectivity index (χ3v) is 2.87. The number of rotatable bonds is 9.